The van der Waals surface area contributed by atoms with Crippen molar-refractivity contribution in [2.24, 2.45) is 0 Å². The van der Waals surface area contributed by atoms with E-state index in [1.165, 1.54) is 0 Å². The molecule has 0 fully saturated rings. The lowest BCUT2D eigenvalue weighted by Gasteiger charge is -2.24. The largest absolute Gasteiger partial charge is 0.361 e. The molecule has 0 aliphatic carbocycles. The average molecular weight is 260 g/mol. The summed E-state index contributed by atoms with van der Waals surface area (Å²) >= 11 is 0. The van der Waals surface area contributed by atoms with E-state index in [1.54, 1.807) is 0 Å². The van der Waals surface area contributed by atoms with Crippen molar-refractivity contribution in [3.63, 3.8) is 0 Å². The van der Waals surface area contributed by atoms with Gasteiger partial charge in [-0.3, -0.25) is 9.78 Å². The van der Waals surface area contributed by atoms with Crippen LogP contribution in [0.3, 0.4) is 0 Å². The molecule has 1 aromatic rings. The van der Waals surface area contributed by atoms with Crippen LogP contribution in [-0.4, -0.2) is 30.5 Å². The van der Waals surface area contributed by atoms with Crippen LogP contribution in [0.15, 0.2) is 6.07 Å². The van der Waals surface area contributed by atoms with Gasteiger partial charge >= 0.3 is 0 Å². The summed E-state index contributed by atoms with van der Waals surface area (Å²) in [5.41, 5.74) is 2.87. The first-order valence-electron chi connectivity index (χ1n) is 6.43. The number of pyridine rings is 1. The van der Waals surface area contributed by atoms with Crippen molar-refractivity contribution in [1.82, 2.24) is 10.3 Å². The molecule has 102 valence electrons. The number of anilines is 1. The summed E-state index contributed by atoms with van der Waals surface area (Å²) in [6.45, 7) is 9.07. The van der Waals surface area contributed by atoms with Gasteiger partial charge in [0, 0.05) is 18.8 Å². The number of nitriles is 1. The van der Waals surface area contributed by atoms with Gasteiger partial charge in [0.05, 0.1) is 23.5 Å². The number of rotatable bonds is 5. The lowest BCUT2D eigenvalue weighted by molar-refractivity contribution is -0.119. The van der Waals surface area contributed by atoms with E-state index in [9.17, 15) is 10.1 Å². The Balaban J connectivity index is 3.11. The Morgan fingerprint density at radius 2 is 2.16 bits per heavy atom. The maximum atomic E-state index is 11.7. The predicted octanol–water partition coefficient (Wildman–Crippen LogP) is 1.53. The van der Waals surface area contributed by atoms with E-state index in [0.717, 1.165) is 11.4 Å². The molecule has 0 aromatic carbocycles. The Morgan fingerprint density at radius 3 is 2.68 bits per heavy atom. The standard InChI is InChI=1S/C14H20N4O/c1-5-16-14(19)9-18(6-2)13-7-10(3)17-11(4)12(13)8-15/h7H,5-6,9H2,1-4H3,(H,16,19). The van der Waals surface area contributed by atoms with Gasteiger partial charge < -0.3 is 10.2 Å². The lowest BCUT2D eigenvalue weighted by atomic mass is 10.1. The summed E-state index contributed by atoms with van der Waals surface area (Å²) in [5, 5.41) is 12.0. The number of carbonyl (C=O) groups excluding carboxylic acids is 1. The summed E-state index contributed by atoms with van der Waals surface area (Å²) in [6.07, 6.45) is 0. The van der Waals surface area contributed by atoms with Gasteiger partial charge in [0.2, 0.25) is 5.91 Å². The molecule has 1 rings (SSSR count). The van der Waals surface area contributed by atoms with Crippen LogP contribution in [0.1, 0.15) is 30.8 Å². The summed E-state index contributed by atoms with van der Waals surface area (Å²) < 4.78 is 0. The number of nitrogens with one attached hydrogen (secondary N) is 1. The quantitative estimate of drug-likeness (QED) is 0.871. The fraction of sp³-hybridized carbons (Fsp3) is 0.500. The second-order valence-electron chi connectivity index (χ2n) is 4.32. The molecule has 0 aliphatic rings. The van der Waals surface area contributed by atoms with Crippen molar-refractivity contribution in [2.45, 2.75) is 27.7 Å². The van der Waals surface area contributed by atoms with Gasteiger partial charge in [0.25, 0.3) is 0 Å². The minimum absolute atomic E-state index is 0.0413. The van der Waals surface area contributed by atoms with Crippen molar-refractivity contribution in [1.29, 1.82) is 5.26 Å². The Labute approximate surface area is 114 Å². The Hall–Kier alpha value is -2.09. The number of hydrogen-bond acceptors (Lipinski definition) is 4. The van der Waals surface area contributed by atoms with Crippen molar-refractivity contribution in [3.8, 4) is 6.07 Å². The summed E-state index contributed by atoms with van der Waals surface area (Å²) in [5.74, 6) is -0.0413. The van der Waals surface area contributed by atoms with Gasteiger partial charge in [0.15, 0.2) is 0 Å². The van der Waals surface area contributed by atoms with E-state index in [-0.39, 0.29) is 12.5 Å². The molecule has 5 heteroatoms. The minimum atomic E-state index is -0.0413. The molecule has 1 aromatic heterocycles. The SMILES string of the molecule is CCNC(=O)CN(CC)c1cc(C)nc(C)c1C#N. The van der Waals surface area contributed by atoms with Crippen LogP contribution in [-0.2, 0) is 4.79 Å². The first-order chi connectivity index (χ1) is 9.03. The fourth-order valence-corrected chi connectivity index (χ4v) is 1.99. The summed E-state index contributed by atoms with van der Waals surface area (Å²) in [7, 11) is 0. The minimum Gasteiger partial charge on any atom is -0.361 e. The van der Waals surface area contributed by atoms with Gasteiger partial charge in [-0.2, -0.15) is 5.26 Å². The molecule has 1 amide bonds. The second-order valence-corrected chi connectivity index (χ2v) is 4.32. The van der Waals surface area contributed by atoms with Crippen LogP contribution in [0.4, 0.5) is 5.69 Å². The van der Waals surface area contributed by atoms with Gasteiger partial charge in [-0.15, -0.1) is 0 Å². The van der Waals surface area contributed by atoms with Crippen LogP contribution in [0.2, 0.25) is 0 Å². The van der Waals surface area contributed by atoms with E-state index in [0.29, 0.717) is 24.3 Å². The third-order valence-corrected chi connectivity index (χ3v) is 2.85. The number of aryl methyl sites for hydroxylation is 2. The Morgan fingerprint density at radius 1 is 1.47 bits per heavy atom. The molecule has 0 radical (unpaired) electrons. The average Bonchev–Trinajstić information content (AvgIpc) is 2.35. The van der Waals surface area contributed by atoms with Crippen molar-refractivity contribution in [2.75, 3.05) is 24.5 Å². The molecule has 5 nitrogen and oxygen atoms in total. The molecule has 0 bridgehead atoms. The monoisotopic (exact) mass is 260 g/mol. The van der Waals surface area contributed by atoms with Crippen LogP contribution in [0.5, 0.6) is 0 Å². The molecule has 1 N–H and O–H groups in total. The molecule has 0 saturated carbocycles. The number of carbonyl (C=O) groups is 1. The first kappa shape index (κ1) is 15.0. The van der Waals surface area contributed by atoms with Crippen molar-refractivity contribution >= 4 is 11.6 Å². The summed E-state index contributed by atoms with van der Waals surface area (Å²) in [4.78, 5) is 17.9. The van der Waals surface area contributed by atoms with E-state index in [4.69, 9.17) is 0 Å². The molecule has 0 saturated heterocycles. The second kappa shape index (κ2) is 6.74. The van der Waals surface area contributed by atoms with Crippen LogP contribution < -0.4 is 10.2 Å². The van der Waals surface area contributed by atoms with Gasteiger partial charge in [0.1, 0.15) is 6.07 Å². The number of hydrogen-bond donors (Lipinski definition) is 1. The molecule has 0 aliphatic heterocycles. The van der Waals surface area contributed by atoms with Crippen LogP contribution >= 0.6 is 0 Å². The lowest BCUT2D eigenvalue weighted by Crippen LogP contribution is -2.37. The molecule has 19 heavy (non-hydrogen) atoms. The normalized spacial score (nSPS) is 9.84. The smallest absolute Gasteiger partial charge is 0.239 e. The van der Waals surface area contributed by atoms with E-state index in [1.807, 2.05) is 38.7 Å². The molecule has 0 unspecified atom stereocenters. The first-order valence-corrected chi connectivity index (χ1v) is 6.43. The van der Waals surface area contributed by atoms with Crippen molar-refractivity contribution in [3.05, 3.63) is 23.0 Å². The zero-order valence-corrected chi connectivity index (χ0v) is 11.9. The van der Waals surface area contributed by atoms with Gasteiger partial charge in [-0.1, -0.05) is 0 Å². The van der Waals surface area contributed by atoms with Gasteiger partial charge in [-0.25, -0.2) is 0 Å². The maximum absolute atomic E-state index is 11.7. The Bertz CT molecular complexity index is 505. The molecular weight excluding hydrogens is 240 g/mol. The molecule has 1 heterocycles. The third kappa shape index (κ3) is 3.68. The van der Waals surface area contributed by atoms with Crippen LogP contribution in [0.25, 0.3) is 0 Å². The molecule has 0 spiro atoms. The van der Waals surface area contributed by atoms with Crippen LogP contribution in [0, 0.1) is 25.2 Å². The molecule has 0 atom stereocenters. The third-order valence-electron chi connectivity index (χ3n) is 2.85. The Kier molecular flexibility index (Phi) is 5.31. The van der Waals surface area contributed by atoms with E-state index >= 15 is 0 Å². The number of aromatic nitrogens is 1. The zero-order chi connectivity index (χ0) is 14.4. The fourth-order valence-electron chi connectivity index (χ4n) is 1.99. The highest BCUT2D eigenvalue weighted by Crippen LogP contribution is 2.22. The number of likely N-dealkylation sites (N-methyl/N-ethyl adjacent to an activating group) is 2. The van der Waals surface area contributed by atoms with E-state index < -0.39 is 0 Å². The maximum Gasteiger partial charge on any atom is 0.239 e. The van der Waals surface area contributed by atoms with Gasteiger partial charge in [-0.05, 0) is 33.8 Å². The summed E-state index contributed by atoms with van der Waals surface area (Å²) in [6, 6.07) is 4.03. The number of nitrogens with zero attached hydrogens (tertiary/aromatic N) is 3. The number of amides is 1. The topological polar surface area (TPSA) is 69.0 Å². The highest BCUT2D eigenvalue weighted by molar-refractivity contribution is 5.82. The van der Waals surface area contributed by atoms with E-state index in [2.05, 4.69) is 16.4 Å². The van der Waals surface area contributed by atoms with Crippen molar-refractivity contribution < 1.29 is 4.79 Å². The zero-order valence-electron chi connectivity index (χ0n) is 11.9. The predicted molar refractivity (Wildman–Crippen MR) is 75.0 cm³/mol. The molecular formula is C14H20N4O. The highest BCUT2D eigenvalue weighted by atomic mass is 16.2. The highest BCUT2D eigenvalue weighted by Gasteiger charge is 2.16.